The number of hydrogen-bond acceptors (Lipinski definition) is 3. The molecular formula is C18H28N2O. The lowest BCUT2D eigenvalue weighted by atomic mass is 9.91. The van der Waals surface area contributed by atoms with Gasteiger partial charge in [0.25, 0.3) is 0 Å². The number of ether oxygens (including phenoxy) is 1. The van der Waals surface area contributed by atoms with Crippen LogP contribution in [-0.4, -0.2) is 38.4 Å². The van der Waals surface area contributed by atoms with Gasteiger partial charge >= 0.3 is 0 Å². The molecule has 1 aromatic rings. The van der Waals surface area contributed by atoms with Crippen LogP contribution in [-0.2, 0) is 4.74 Å². The molecule has 0 spiro atoms. The van der Waals surface area contributed by atoms with E-state index >= 15 is 0 Å². The molecule has 3 nitrogen and oxygen atoms in total. The van der Waals surface area contributed by atoms with Crippen molar-refractivity contribution in [1.82, 2.24) is 5.32 Å². The molecule has 0 bridgehead atoms. The molecule has 1 aromatic carbocycles. The summed E-state index contributed by atoms with van der Waals surface area (Å²) in [6.45, 7) is 6.59. The molecule has 0 aromatic heterocycles. The summed E-state index contributed by atoms with van der Waals surface area (Å²) < 4.78 is 5.47. The number of para-hydroxylation sites is 1. The maximum atomic E-state index is 5.47. The quantitative estimate of drug-likeness (QED) is 0.921. The van der Waals surface area contributed by atoms with Crippen molar-refractivity contribution in [1.29, 1.82) is 0 Å². The van der Waals surface area contributed by atoms with Crippen LogP contribution in [0.2, 0.25) is 0 Å². The van der Waals surface area contributed by atoms with E-state index in [9.17, 15) is 0 Å². The molecular weight excluding hydrogens is 260 g/mol. The highest BCUT2D eigenvalue weighted by atomic mass is 16.5. The van der Waals surface area contributed by atoms with Crippen molar-refractivity contribution in [3.05, 3.63) is 30.3 Å². The number of nitrogens with zero attached hydrogens (tertiary/aromatic N) is 1. The molecule has 2 heterocycles. The first-order valence-electron chi connectivity index (χ1n) is 8.47. The van der Waals surface area contributed by atoms with Crippen molar-refractivity contribution in [2.75, 3.05) is 31.2 Å². The Morgan fingerprint density at radius 1 is 1.05 bits per heavy atom. The third kappa shape index (κ3) is 3.98. The number of benzene rings is 1. The number of nitrogens with one attached hydrogen (secondary N) is 1. The molecule has 2 aliphatic rings. The Morgan fingerprint density at radius 3 is 2.38 bits per heavy atom. The smallest absolute Gasteiger partial charge is 0.0469 e. The Hall–Kier alpha value is -1.06. The van der Waals surface area contributed by atoms with Crippen molar-refractivity contribution in [3.8, 4) is 0 Å². The van der Waals surface area contributed by atoms with Gasteiger partial charge in [0.15, 0.2) is 0 Å². The summed E-state index contributed by atoms with van der Waals surface area (Å²) in [7, 11) is 0. The van der Waals surface area contributed by atoms with Crippen molar-refractivity contribution < 1.29 is 4.74 Å². The van der Waals surface area contributed by atoms with E-state index in [2.05, 4.69) is 47.5 Å². The van der Waals surface area contributed by atoms with Gasteiger partial charge in [0.2, 0.25) is 0 Å². The van der Waals surface area contributed by atoms with Crippen LogP contribution in [0.25, 0.3) is 0 Å². The third-order valence-electron chi connectivity index (χ3n) is 5.09. The second-order valence-electron chi connectivity index (χ2n) is 6.50. The second-order valence-corrected chi connectivity index (χ2v) is 6.50. The van der Waals surface area contributed by atoms with Gasteiger partial charge in [0.1, 0.15) is 0 Å². The molecule has 21 heavy (non-hydrogen) atoms. The van der Waals surface area contributed by atoms with Crippen LogP contribution in [0.4, 0.5) is 5.69 Å². The van der Waals surface area contributed by atoms with E-state index in [1.54, 1.807) is 0 Å². The predicted octanol–water partition coefficient (Wildman–Crippen LogP) is 3.06. The van der Waals surface area contributed by atoms with Gasteiger partial charge in [-0.1, -0.05) is 18.2 Å². The number of anilines is 1. The van der Waals surface area contributed by atoms with Gasteiger partial charge in [-0.05, 0) is 50.7 Å². The zero-order chi connectivity index (χ0) is 14.5. The Kier molecular flexibility index (Phi) is 5.15. The average Bonchev–Trinajstić information content (AvgIpc) is 2.57. The summed E-state index contributed by atoms with van der Waals surface area (Å²) in [5, 5.41) is 3.88. The molecule has 0 saturated carbocycles. The Balaban J connectivity index is 1.45. The SMILES string of the molecule is CC(NC1CCN(c2ccccc2)CC1)C1CCOCC1. The zero-order valence-corrected chi connectivity index (χ0v) is 13.1. The first-order chi connectivity index (χ1) is 10.3. The van der Waals surface area contributed by atoms with Crippen LogP contribution in [0.1, 0.15) is 32.6 Å². The molecule has 1 unspecified atom stereocenters. The van der Waals surface area contributed by atoms with Crippen LogP contribution in [0, 0.1) is 5.92 Å². The van der Waals surface area contributed by atoms with Crippen LogP contribution < -0.4 is 10.2 Å². The molecule has 3 rings (SSSR count). The van der Waals surface area contributed by atoms with E-state index in [4.69, 9.17) is 4.74 Å². The lowest BCUT2D eigenvalue weighted by molar-refractivity contribution is 0.0539. The number of hydrogen-bond donors (Lipinski definition) is 1. The van der Waals surface area contributed by atoms with Gasteiger partial charge in [-0.2, -0.15) is 0 Å². The lowest BCUT2D eigenvalue weighted by Gasteiger charge is -2.37. The van der Waals surface area contributed by atoms with E-state index < -0.39 is 0 Å². The fourth-order valence-electron chi connectivity index (χ4n) is 3.67. The minimum atomic E-state index is 0.627. The summed E-state index contributed by atoms with van der Waals surface area (Å²) in [5.74, 6) is 0.797. The van der Waals surface area contributed by atoms with Gasteiger partial charge in [-0.15, -0.1) is 0 Å². The maximum Gasteiger partial charge on any atom is 0.0469 e. The van der Waals surface area contributed by atoms with E-state index in [-0.39, 0.29) is 0 Å². The average molecular weight is 288 g/mol. The zero-order valence-electron chi connectivity index (χ0n) is 13.1. The molecule has 116 valence electrons. The molecule has 1 N–H and O–H groups in total. The highest BCUT2D eigenvalue weighted by molar-refractivity contribution is 5.46. The lowest BCUT2D eigenvalue weighted by Crippen LogP contribution is -2.48. The highest BCUT2D eigenvalue weighted by Crippen LogP contribution is 2.22. The van der Waals surface area contributed by atoms with Gasteiger partial charge < -0.3 is 15.0 Å². The van der Waals surface area contributed by atoms with Crippen LogP contribution >= 0.6 is 0 Å². The van der Waals surface area contributed by atoms with Gasteiger partial charge in [0.05, 0.1) is 0 Å². The largest absolute Gasteiger partial charge is 0.381 e. The summed E-state index contributed by atoms with van der Waals surface area (Å²) in [4.78, 5) is 2.51. The molecule has 2 saturated heterocycles. The second kappa shape index (κ2) is 7.28. The van der Waals surface area contributed by atoms with E-state index in [1.165, 1.54) is 44.5 Å². The van der Waals surface area contributed by atoms with Crippen molar-refractivity contribution >= 4 is 5.69 Å². The Morgan fingerprint density at radius 2 is 1.71 bits per heavy atom. The fraction of sp³-hybridized carbons (Fsp3) is 0.667. The van der Waals surface area contributed by atoms with E-state index in [1.807, 2.05) is 0 Å². The third-order valence-corrected chi connectivity index (χ3v) is 5.09. The van der Waals surface area contributed by atoms with Gasteiger partial charge in [-0.3, -0.25) is 0 Å². The molecule has 3 heteroatoms. The van der Waals surface area contributed by atoms with Crippen molar-refractivity contribution in [3.63, 3.8) is 0 Å². The molecule has 0 amide bonds. The first kappa shape index (κ1) is 14.9. The Labute approximate surface area is 128 Å². The standard InChI is InChI=1S/C18H28N2O/c1-15(16-9-13-21-14-10-16)19-17-7-11-20(12-8-17)18-5-3-2-4-6-18/h2-6,15-17,19H,7-14H2,1H3. The van der Waals surface area contributed by atoms with Crippen LogP contribution in [0.5, 0.6) is 0 Å². The molecule has 1 atom stereocenters. The van der Waals surface area contributed by atoms with Crippen molar-refractivity contribution in [2.45, 2.75) is 44.7 Å². The summed E-state index contributed by atoms with van der Waals surface area (Å²) in [6.07, 6.45) is 4.94. The summed E-state index contributed by atoms with van der Waals surface area (Å²) >= 11 is 0. The monoisotopic (exact) mass is 288 g/mol. The molecule has 0 aliphatic carbocycles. The minimum absolute atomic E-state index is 0.627. The normalized spacial score (nSPS) is 23.2. The molecule has 2 fully saturated rings. The van der Waals surface area contributed by atoms with E-state index in [0.717, 1.165) is 19.1 Å². The first-order valence-corrected chi connectivity index (χ1v) is 8.47. The highest BCUT2D eigenvalue weighted by Gasteiger charge is 2.25. The van der Waals surface area contributed by atoms with Crippen LogP contribution in [0.3, 0.4) is 0 Å². The maximum absolute atomic E-state index is 5.47. The number of piperidine rings is 1. The van der Waals surface area contributed by atoms with Gasteiger partial charge in [-0.25, -0.2) is 0 Å². The predicted molar refractivity (Wildman–Crippen MR) is 87.8 cm³/mol. The Bertz CT molecular complexity index is 408. The molecule has 0 radical (unpaired) electrons. The van der Waals surface area contributed by atoms with Crippen molar-refractivity contribution in [2.24, 2.45) is 5.92 Å². The van der Waals surface area contributed by atoms with E-state index in [0.29, 0.717) is 12.1 Å². The minimum Gasteiger partial charge on any atom is -0.381 e. The fourth-order valence-corrected chi connectivity index (χ4v) is 3.67. The van der Waals surface area contributed by atoms with Crippen LogP contribution in [0.15, 0.2) is 30.3 Å². The summed E-state index contributed by atoms with van der Waals surface area (Å²) in [5.41, 5.74) is 1.37. The molecule has 2 aliphatic heterocycles. The number of rotatable bonds is 4. The van der Waals surface area contributed by atoms with Gasteiger partial charge in [0, 0.05) is 44.1 Å². The topological polar surface area (TPSA) is 24.5 Å². The summed E-state index contributed by atoms with van der Waals surface area (Å²) in [6, 6.07) is 12.1.